The Morgan fingerprint density at radius 1 is 0.886 bits per heavy atom. The molecule has 15 heteroatoms. The van der Waals surface area contributed by atoms with Gasteiger partial charge in [-0.2, -0.15) is 16.8 Å². The molecule has 0 aliphatic rings. The number of nitrogens with one attached hydrogen (secondary N) is 3. The summed E-state index contributed by atoms with van der Waals surface area (Å²) in [4.78, 5) is 22.2. The molecular weight excluding hydrogens is 513 g/mol. The second kappa shape index (κ2) is 13.1. The fourth-order valence-corrected chi connectivity index (χ4v) is 4.21. The Labute approximate surface area is 224 Å². The summed E-state index contributed by atoms with van der Waals surface area (Å²) in [7, 11) is -8.15. The van der Waals surface area contributed by atoms with E-state index in [1.54, 1.807) is 6.92 Å². The number of ether oxygens (including phenoxy) is 1. The predicted octanol–water partition coefficient (Wildman–Crippen LogP) is -0.919. The van der Waals surface area contributed by atoms with Crippen molar-refractivity contribution >= 4 is 55.7 Å². The minimum atomic E-state index is -4.73. The monoisotopic (exact) mass is 536 g/mol. The molecule has 2 aromatic rings. The van der Waals surface area contributed by atoms with Gasteiger partial charge in [0.2, 0.25) is 5.91 Å². The van der Waals surface area contributed by atoms with Crippen molar-refractivity contribution in [1.29, 1.82) is 0 Å². The Hall–Kier alpha value is -2.30. The van der Waals surface area contributed by atoms with Crippen LogP contribution in [0.2, 0.25) is 0 Å². The summed E-state index contributed by atoms with van der Waals surface area (Å²) in [6.07, 6.45) is 2.40. The number of carbonyl (C=O) groups is 2. The van der Waals surface area contributed by atoms with Crippen molar-refractivity contribution in [3.05, 3.63) is 47.5 Å². The molecule has 0 saturated heterocycles. The maximum atomic E-state index is 11.9. The fourth-order valence-electron chi connectivity index (χ4n) is 2.79. The standard InChI is InChI=1S/C20H23N3O9S2.Na/c1-3-21-20(25)23-16-9-7-14(18(11-16)34(29,30)31)5-4-13-6-8-15(22-19(24)12-32-2)10-17(13)33(26,27)28;/h4-11H,3,12H2,1-2H3,(H,22,24)(H2,21,23,25)(H,26,27,28)(H,29,30,31);/q;+1/b5-4+;. The Morgan fingerprint density at radius 2 is 1.34 bits per heavy atom. The molecule has 2 rings (SSSR count). The second-order valence-electron chi connectivity index (χ2n) is 6.75. The average molecular weight is 537 g/mol. The van der Waals surface area contributed by atoms with Crippen LogP contribution in [0.25, 0.3) is 12.2 Å². The van der Waals surface area contributed by atoms with Crippen molar-refractivity contribution in [2.75, 3.05) is 30.9 Å². The van der Waals surface area contributed by atoms with Gasteiger partial charge in [0.1, 0.15) is 16.4 Å². The predicted molar refractivity (Wildman–Crippen MR) is 125 cm³/mol. The van der Waals surface area contributed by atoms with Crippen LogP contribution in [0.3, 0.4) is 0 Å². The number of methoxy groups -OCH3 is 1. The molecule has 2 aromatic carbocycles. The smallest absolute Gasteiger partial charge is 0.375 e. The fraction of sp³-hybridized carbons (Fsp3) is 0.200. The van der Waals surface area contributed by atoms with E-state index in [1.807, 2.05) is 0 Å². The molecule has 5 N–H and O–H groups in total. The van der Waals surface area contributed by atoms with E-state index in [9.17, 15) is 35.5 Å². The van der Waals surface area contributed by atoms with Crippen LogP contribution in [-0.2, 0) is 29.8 Å². The number of hydrogen-bond acceptors (Lipinski definition) is 7. The molecule has 12 nitrogen and oxygen atoms in total. The van der Waals surface area contributed by atoms with Crippen molar-refractivity contribution in [3.8, 4) is 0 Å². The van der Waals surface area contributed by atoms with Gasteiger partial charge >= 0.3 is 35.6 Å². The second-order valence-corrected chi connectivity index (χ2v) is 9.53. The summed E-state index contributed by atoms with van der Waals surface area (Å²) in [5.41, 5.74) is 0.109. The molecule has 0 bridgehead atoms. The summed E-state index contributed by atoms with van der Waals surface area (Å²) in [6.45, 7) is 1.76. The third kappa shape index (κ3) is 9.35. The number of benzene rings is 2. The van der Waals surface area contributed by atoms with Gasteiger partial charge in [-0.05, 0) is 42.3 Å². The maximum absolute atomic E-state index is 11.9. The van der Waals surface area contributed by atoms with Crippen LogP contribution < -0.4 is 45.5 Å². The van der Waals surface area contributed by atoms with Gasteiger partial charge in [0.05, 0.1) is 0 Å². The zero-order valence-corrected chi connectivity index (χ0v) is 22.7. The van der Waals surface area contributed by atoms with Crippen LogP contribution in [-0.4, -0.2) is 58.1 Å². The molecule has 0 unspecified atom stereocenters. The zero-order chi connectivity index (χ0) is 25.5. The molecule has 0 radical (unpaired) electrons. The number of carbonyl (C=O) groups excluding carboxylic acids is 2. The molecule has 0 spiro atoms. The van der Waals surface area contributed by atoms with E-state index in [4.69, 9.17) is 0 Å². The van der Waals surface area contributed by atoms with Crippen LogP contribution in [0.1, 0.15) is 18.1 Å². The number of urea groups is 1. The zero-order valence-electron chi connectivity index (χ0n) is 19.1. The third-order valence-corrected chi connectivity index (χ3v) is 6.00. The normalized spacial score (nSPS) is 11.5. The van der Waals surface area contributed by atoms with Crippen LogP contribution >= 0.6 is 0 Å². The number of amides is 3. The Morgan fingerprint density at radius 3 is 1.74 bits per heavy atom. The molecular formula is C20H23N3NaO9S2+. The van der Waals surface area contributed by atoms with Crippen molar-refractivity contribution in [1.82, 2.24) is 5.32 Å². The van der Waals surface area contributed by atoms with E-state index in [0.29, 0.717) is 6.54 Å². The summed E-state index contributed by atoms with van der Waals surface area (Å²) >= 11 is 0. The van der Waals surface area contributed by atoms with Crippen molar-refractivity contribution in [2.24, 2.45) is 0 Å². The molecule has 0 fully saturated rings. The molecule has 0 atom stereocenters. The first-order valence-corrected chi connectivity index (χ1v) is 12.5. The molecule has 0 saturated carbocycles. The number of hydrogen-bond donors (Lipinski definition) is 5. The maximum Gasteiger partial charge on any atom is 1.00 e. The van der Waals surface area contributed by atoms with Gasteiger partial charge in [-0.15, -0.1) is 0 Å². The Kier molecular flexibility index (Phi) is 11.5. The topological polar surface area (TPSA) is 188 Å². The Bertz CT molecular complexity index is 1230. The summed E-state index contributed by atoms with van der Waals surface area (Å²) in [5, 5.41) is 7.28. The Balaban J connectivity index is 0.00000612. The molecule has 184 valence electrons. The van der Waals surface area contributed by atoms with Gasteiger partial charge in [-0.1, -0.05) is 24.3 Å². The first-order chi connectivity index (χ1) is 15.8. The van der Waals surface area contributed by atoms with Crippen LogP contribution in [0.5, 0.6) is 0 Å². The summed E-state index contributed by atoms with van der Waals surface area (Å²) in [5.74, 6) is -0.550. The van der Waals surface area contributed by atoms with Gasteiger partial charge in [-0.3, -0.25) is 13.9 Å². The van der Waals surface area contributed by atoms with E-state index < -0.39 is 42.0 Å². The molecule has 0 heterocycles. The molecule has 0 aliphatic heterocycles. The van der Waals surface area contributed by atoms with Gasteiger partial charge < -0.3 is 20.7 Å². The molecule has 0 aromatic heterocycles. The molecule has 3 amide bonds. The first-order valence-electron chi connectivity index (χ1n) is 9.60. The van der Waals surface area contributed by atoms with Gasteiger partial charge in [0, 0.05) is 25.0 Å². The molecule has 35 heavy (non-hydrogen) atoms. The van der Waals surface area contributed by atoms with E-state index in [2.05, 4.69) is 20.7 Å². The van der Waals surface area contributed by atoms with Crippen molar-refractivity contribution in [2.45, 2.75) is 16.7 Å². The van der Waals surface area contributed by atoms with E-state index in [-0.39, 0.29) is 58.7 Å². The summed E-state index contributed by atoms with van der Waals surface area (Å²) < 4.78 is 71.3. The summed E-state index contributed by atoms with van der Waals surface area (Å²) in [6, 6.07) is 6.77. The van der Waals surface area contributed by atoms with Gasteiger partial charge in [0.25, 0.3) is 20.2 Å². The van der Waals surface area contributed by atoms with E-state index in [1.165, 1.54) is 43.5 Å². The van der Waals surface area contributed by atoms with E-state index in [0.717, 1.165) is 12.1 Å². The molecule has 0 aliphatic carbocycles. The number of rotatable bonds is 9. The SMILES string of the molecule is CCNC(=O)Nc1ccc(/C=C/c2ccc(NC(=O)COC)cc2S(=O)(=O)O)c(S(=O)(=O)O)c1.[Na+]. The van der Waals surface area contributed by atoms with Crippen molar-refractivity contribution in [3.63, 3.8) is 0 Å². The minimum absolute atomic E-state index is 0. The average Bonchev–Trinajstić information content (AvgIpc) is 2.72. The van der Waals surface area contributed by atoms with E-state index >= 15 is 0 Å². The van der Waals surface area contributed by atoms with Gasteiger partial charge in [-0.25, -0.2) is 4.79 Å². The van der Waals surface area contributed by atoms with Crippen molar-refractivity contribution < 1.29 is 69.8 Å². The van der Waals surface area contributed by atoms with Crippen LogP contribution in [0.4, 0.5) is 16.2 Å². The van der Waals surface area contributed by atoms with Crippen LogP contribution in [0.15, 0.2) is 46.2 Å². The third-order valence-electron chi connectivity index (χ3n) is 4.18. The minimum Gasteiger partial charge on any atom is -0.375 e. The first kappa shape index (κ1) is 30.7. The van der Waals surface area contributed by atoms with Crippen LogP contribution in [0, 0.1) is 0 Å². The number of anilines is 2. The largest absolute Gasteiger partial charge is 1.00 e. The quantitative estimate of drug-likeness (QED) is 0.153. The van der Waals surface area contributed by atoms with Gasteiger partial charge in [0.15, 0.2) is 0 Å².